The van der Waals surface area contributed by atoms with Crippen molar-refractivity contribution in [1.82, 2.24) is 10.0 Å². The number of para-hydroxylation sites is 1. The van der Waals surface area contributed by atoms with Gasteiger partial charge in [-0.25, -0.2) is 17.9 Å². The molecule has 0 unspecified atom stereocenters. The van der Waals surface area contributed by atoms with Gasteiger partial charge in [0.05, 0.1) is 5.75 Å². The Morgan fingerprint density at radius 3 is 2.63 bits per heavy atom. The van der Waals surface area contributed by atoms with Gasteiger partial charge in [-0.3, -0.25) is 0 Å². The molecule has 0 atom stereocenters. The van der Waals surface area contributed by atoms with Gasteiger partial charge in [-0.05, 0) is 18.1 Å². The smallest absolute Gasteiger partial charge is 0.328 e. The molecule has 0 bridgehead atoms. The van der Waals surface area contributed by atoms with Crippen molar-refractivity contribution in [2.45, 2.75) is 25.5 Å². The lowest BCUT2D eigenvalue weighted by molar-refractivity contribution is 0.245. The number of carbonyl (C=O) groups excluding carboxylic acids is 1. The number of unbranched alkanes of at least 4 members (excludes halogenated alkanes) is 1. The van der Waals surface area contributed by atoms with Gasteiger partial charge < -0.3 is 11.1 Å². The molecule has 1 rings (SSSR count). The van der Waals surface area contributed by atoms with E-state index >= 15 is 0 Å². The van der Waals surface area contributed by atoms with Crippen LogP contribution >= 0.6 is 0 Å². The van der Waals surface area contributed by atoms with Gasteiger partial charge in [0.25, 0.3) is 0 Å². The summed E-state index contributed by atoms with van der Waals surface area (Å²) in [6.07, 6.45) is 1.73. The quantitative estimate of drug-likeness (QED) is 0.540. The first-order valence-corrected chi connectivity index (χ1v) is 7.71. The molecule has 0 fully saturated rings. The molecule has 0 aromatic heterocycles. The fourth-order valence-corrected chi connectivity index (χ4v) is 2.56. The van der Waals surface area contributed by atoms with Gasteiger partial charge in [-0.1, -0.05) is 31.5 Å². The topological polar surface area (TPSA) is 101 Å². The maximum atomic E-state index is 11.8. The molecule has 1 aromatic carbocycles. The Labute approximate surface area is 113 Å². The van der Waals surface area contributed by atoms with E-state index in [9.17, 15) is 13.2 Å². The summed E-state index contributed by atoms with van der Waals surface area (Å²) in [6.45, 7) is 2.43. The minimum atomic E-state index is -3.74. The number of nitrogen functional groups attached to an aromatic ring is 1. The minimum absolute atomic E-state index is 0.319. The number of nitrogens with two attached hydrogens (primary N) is 1. The Kier molecular flexibility index (Phi) is 5.62. The van der Waals surface area contributed by atoms with Crippen molar-refractivity contribution in [3.8, 4) is 0 Å². The first-order chi connectivity index (χ1) is 8.94. The molecule has 0 saturated heterocycles. The highest BCUT2D eigenvalue weighted by Crippen LogP contribution is 2.13. The molecule has 19 heavy (non-hydrogen) atoms. The zero-order valence-electron chi connectivity index (χ0n) is 10.8. The number of nitrogens with one attached hydrogen (secondary N) is 2. The van der Waals surface area contributed by atoms with E-state index in [4.69, 9.17) is 5.73 Å². The average Bonchev–Trinajstić information content (AvgIpc) is 2.31. The Morgan fingerprint density at radius 1 is 1.32 bits per heavy atom. The second-order valence-electron chi connectivity index (χ2n) is 4.17. The number of sulfonamides is 1. The van der Waals surface area contributed by atoms with Crippen LogP contribution < -0.4 is 15.8 Å². The number of benzene rings is 1. The van der Waals surface area contributed by atoms with Crippen molar-refractivity contribution >= 4 is 21.7 Å². The maximum absolute atomic E-state index is 11.8. The zero-order valence-corrected chi connectivity index (χ0v) is 11.7. The third-order valence-electron chi connectivity index (χ3n) is 2.46. The van der Waals surface area contributed by atoms with Crippen molar-refractivity contribution in [2.24, 2.45) is 0 Å². The van der Waals surface area contributed by atoms with Crippen molar-refractivity contribution in [1.29, 1.82) is 0 Å². The monoisotopic (exact) mass is 285 g/mol. The third-order valence-corrected chi connectivity index (χ3v) is 3.65. The first-order valence-electron chi connectivity index (χ1n) is 6.06. The molecule has 0 heterocycles. The highest BCUT2D eigenvalue weighted by atomic mass is 32.2. The van der Waals surface area contributed by atoms with Gasteiger partial charge in [-0.2, -0.15) is 0 Å². The second kappa shape index (κ2) is 6.98. The van der Waals surface area contributed by atoms with Crippen molar-refractivity contribution in [3.05, 3.63) is 29.8 Å². The number of urea groups is 1. The highest BCUT2D eigenvalue weighted by molar-refractivity contribution is 7.89. The molecular formula is C12H19N3O3S. The minimum Gasteiger partial charge on any atom is -0.398 e. The molecular weight excluding hydrogens is 266 g/mol. The number of hydrogen-bond acceptors (Lipinski definition) is 4. The molecule has 7 heteroatoms. The van der Waals surface area contributed by atoms with Crippen LogP contribution in [-0.4, -0.2) is 21.0 Å². The van der Waals surface area contributed by atoms with E-state index in [2.05, 4.69) is 5.32 Å². The van der Waals surface area contributed by atoms with Crippen LogP contribution in [0.1, 0.15) is 25.3 Å². The fourth-order valence-electron chi connectivity index (χ4n) is 1.46. The summed E-state index contributed by atoms with van der Waals surface area (Å²) in [5, 5.41) is 2.48. The fraction of sp³-hybridized carbons (Fsp3) is 0.417. The third kappa shape index (κ3) is 5.60. The number of rotatable bonds is 6. The molecule has 2 amide bonds. The molecule has 0 aliphatic carbocycles. The van der Waals surface area contributed by atoms with Gasteiger partial charge in [0, 0.05) is 12.2 Å². The van der Waals surface area contributed by atoms with Crippen molar-refractivity contribution in [2.75, 3.05) is 12.3 Å². The van der Waals surface area contributed by atoms with Crippen LogP contribution in [0.25, 0.3) is 0 Å². The number of carbonyl (C=O) groups is 1. The predicted molar refractivity (Wildman–Crippen MR) is 74.9 cm³/mol. The van der Waals surface area contributed by atoms with Crippen LogP contribution in [0.15, 0.2) is 24.3 Å². The molecule has 4 N–H and O–H groups in total. The SMILES string of the molecule is CCCCNC(=O)NS(=O)(=O)Cc1ccccc1N. The molecule has 0 spiro atoms. The van der Waals surface area contributed by atoms with E-state index in [1.54, 1.807) is 24.3 Å². The van der Waals surface area contributed by atoms with Crippen LogP contribution in [0, 0.1) is 0 Å². The van der Waals surface area contributed by atoms with Gasteiger partial charge in [-0.15, -0.1) is 0 Å². The Morgan fingerprint density at radius 2 is 2.00 bits per heavy atom. The predicted octanol–water partition coefficient (Wildman–Crippen LogP) is 1.20. The standard InChI is InChI=1S/C12H19N3O3S/c1-2-3-8-14-12(16)15-19(17,18)9-10-6-4-5-7-11(10)13/h4-7H,2-3,8-9,13H2,1H3,(H2,14,15,16). The average molecular weight is 285 g/mol. The molecule has 0 aliphatic rings. The summed E-state index contributed by atoms with van der Waals surface area (Å²) in [7, 11) is -3.74. The Bertz CT molecular complexity index is 529. The summed E-state index contributed by atoms with van der Waals surface area (Å²) in [4.78, 5) is 11.4. The van der Waals surface area contributed by atoms with Gasteiger partial charge in [0.15, 0.2) is 0 Å². The zero-order chi connectivity index (χ0) is 14.3. The summed E-state index contributed by atoms with van der Waals surface area (Å²) in [5.41, 5.74) is 6.52. The molecule has 106 valence electrons. The van der Waals surface area contributed by atoms with E-state index in [1.807, 2.05) is 11.6 Å². The number of amides is 2. The Hall–Kier alpha value is -1.76. The molecule has 0 radical (unpaired) electrons. The lowest BCUT2D eigenvalue weighted by atomic mass is 10.2. The van der Waals surface area contributed by atoms with Gasteiger partial charge in [0.2, 0.25) is 10.0 Å². The summed E-state index contributed by atoms with van der Waals surface area (Å²) in [6, 6.07) is 5.94. The van der Waals surface area contributed by atoms with Crippen LogP contribution in [0.2, 0.25) is 0 Å². The van der Waals surface area contributed by atoms with E-state index < -0.39 is 16.1 Å². The van der Waals surface area contributed by atoms with Crippen LogP contribution in [-0.2, 0) is 15.8 Å². The molecule has 0 aliphatic heterocycles. The van der Waals surface area contributed by atoms with E-state index in [0.29, 0.717) is 17.8 Å². The lowest BCUT2D eigenvalue weighted by Gasteiger charge is -2.09. The normalized spacial score (nSPS) is 11.0. The van der Waals surface area contributed by atoms with Crippen LogP contribution in [0.3, 0.4) is 0 Å². The largest absolute Gasteiger partial charge is 0.398 e. The summed E-state index contributed by atoms with van der Waals surface area (Å²) < 4.78 is 25.5. The first kappa shape index (κ1) is 15.3. The summed E-state index contributed by atoms with van der Waals surface area (Å²) in [5.74, 6) is -0.319. The van der Waals surface area contributed by atoms with E-state index in [1.165, 1.54) is 0 Å². The summed E-state index contributed by atoms with van der Waals surface area (Å²) >= 11 is 0. The van der Waals surface area contributed by atoms with Crippen molar-refractivity contribution < 1.29 is 13.2 Å². The van der Waals surface area contributed by atoms with E-state index in [-0.39, 0.29) is 5.75 Å². The molecule has 1 aromatic rings. The van der Waals surface area contributed by atoms with Gasteiger partial charge in [0.1, 0.15) is 0 Å². The number of hydrogen-bond donors (Lipinski definition) is 3. The second-order valence-corrected chi connectivity index (χ2v) is 5.89. The molecule has 6 nitrogen and oxygen atoms in total. The van der Waals surface area contributed by atoms with Crippen LogP contribution in [0.4, 0.5) is 10.5 Å². The Balaban J connectivity index is 2.57. The van der Waals surface area contributed by atoms with Crippen LogP contribution in [0.5, 0.6) is 0 Å². The number of anilines is 1. The lowest BCUT2D eigenvalue weighted by Crippen LogP contribution is -2.40. The highest BCUT2D eigenvalue weighted by Gasteiger charge is 2.16. The molecule has 0 saturated carbocycles. The maximum Gasteiger partial charge on any atom is 0.328 e. The van der Waals surface area contributed by atoms with E-state index in [0.717, 1.165) is 12.8 Å². The van der Waals surface area contributed by atoms with Gasteiger partial charge >= 0.3 is 6.03 Å². The van der Waals surface area contributed by atoms with Crippen molar-refractivity contribution in [3.63, 3.8) is 0 Å².